The van der Waals surface area contributed by atoms with Gasteiger partial charge in [-0.2, -0.15) is 4.31 Å². The Morgan fingerprint density at radius 2 is 1.74 bits per heavy atom. The van der Waals surface area contributed by atoms with Gasteiger partial charge in [-0.05, 0) is 11.6 Å². The standard InChI is InChI=1S/C18H21N3O5S/c22-17(12-19-18(23)16-6-11-26-13-16)20-7-9-21(10-8-20)27(24,25)14-15-4-2-1-3-5-15/h1-6,11,13H,7-10,12,14H2,(H,19,23). The molecule has 1 saturated heterocycles. The van der Waals surface area contributed by atoms with E-state index in [1.165, 1.54) is 22.9 Å². The lowest BCUT2D eigenvalue weighted by Crippen LogP contribution is -2.52. The lowest BCUT2D eigenvalue weighted by molar-refractivity contribution is -0.131. The molecule has 8 nitrogen and oxygen atoms in total. The van der Waals surface area contributed by atoms with Crippen molar-refractivity contribution in [2.24, 2.45) is 0 Å². The molecular weight excluding hydrogens is 370 g/mol. The van der Waals surface area contributed by atoms with Gasteiger partial charge in [-0.3, -0.25) is 9.59 Å². The van der Waals surface area contributed by atoms with Crippen LogP contribution >= 0.6 is 0 Å². The van der Waals surface area contributed by atoms with Crippen LogP contribution in [0.15, 0.2) is 53.3 Å². The number of nitrogens with zero attached hydrogens (tertiary/aromatic N) is 2. The number of rotatable bonds is 6. The van der Waals surface area contributed by atoms with E-state index >= 15 is 0 Å². The van der Waals surface area contributed by atoms with Crippen LogP contribution in [-0.2, 0) is 20.6 Å². The smallest absolute Gasteiger partial charge is 0.254 e. The summed E-state index contributed by atoms with van der Waals surface area (Å²) in [5, 5.41) is 2.53. The highest BCUT2D eigenvalue weighted by Gasteiger charge is 2.29. The van der Waals surface area contributed by atoms with Crippen molar-refractivity contribution in [2.75, 3.05) is 32.7 Å². The molecule has 1 aromatic carbocycles. The molecule has 1 aromatic heterocycles. The zero-order valence-corrected chi connectivity index (χ0v) is 15.5. The summed E-state index contributed by atoms with van der Waals surface area (Å²) in [6, 6.07) is 10.5. The third-order valence-electron chi connectivity index (χ3n) is 4.36. The highest BCUT2D eigenvalue weighted by molar-refractivity contribution is 7.88. The normalized spacial score (nSPS) is 15.5. The zero-order chi connectivity index (χ0) is 19.3. The van der Waals surface area contributed by atoms with Crippen LogP contribution in [0.3, 0.4) is 0 Å². The van der Waals surface area contributed by atoms with Gasteiger partial charge in [0.1, 0.15) is 6.26 Å². The van der Waals surface area contributed by atoms with Crippen LogP contribution in [0.25, 0.3) is 0 Å². The summed E-state index contributed by atoms with van der Waals surface area (Å²) >= 11 is 0. The van der Waals surface area contributed by atoms with Gasteiger partial charge in [0.05, 0.1) is 24.1 Å². The van der Waals surface area contributed by atoms with E-state index in [9.17, 15) is 18.0 Å². The second-order valence-corrected chi connectivity index (χ2v) is 8.19. The molecule has 0 unspecified atom stereocenters. The highest BCUT2D eigenvalue weighted by Crippen LogP contribution is 2.13. The lowest BCUT2D eigenvalue weighted by Gasteiger charge is -2.34. The fourth-order valence-electron chi connectivity index (χ4n) is 2.86. The largest absolute Gasteiger partial charge is 0.472 e. The number of benzene rings is 1. The molecule has 0 aliphatic carbocycles. The SMILES string of the molecule is O=C(NCC(=O)N1CCN(S(=O)(=O)Cc2ccccc2)CC1)c1ccoc1. The van der Waals surface area contributed by atoms with Gasteiger partial charge in [-0.15, -0.1) is 0 Å². The average molecular weight is 391 g/mol. The second-order valence-electron chi connectivity index (χ2n) is 6.22. The van der Waals surface area contributed by atoms with E-state index in [-0.39, 0.29) is 37.2 Å². The predicted octanol–water partition coefficient (Wildman–Crippen LogP) is 0.684. The second kappa shape index (κ2) is 8.36. The topological polar surface area (TPSA) is 99.9 Å². The Bertz CT molecular complexity index is 873. The van der Waals surface area contributed by atoms with Gasteiger partial charge in [0.25, 0.3) is 5.91 Å². The van der Waals surface area contributed by atoms with Crippen LogP contribution in [0.5, 0.6) is 0 Å². The fourth-order valence-corrected chi connectivity index (χ4v) is 4.37. The van der Waals surface area contributed by atoms with Gasteiger partial charge in [-0.25, -0.2) is 8.42 Å². The van der Waals surface area contributed by atoms with Crippen molar-refractivity contribution >= 4 is 21.8 Å². The molecular formula is C18H21N3O5S. The summed E-state index contributed by atoms with van der Waals surface area (Å²) in [5.74, 6) is -0.684. The minimum absolute atomic E-state index is 0.0530. The van der Waals surface area contributed by atoms with Crippen molar-refractivity contribution in [3.05, 3.63) is 60.1 Å². The Morgan fingerprint density at radius 3 is 2.37 bits per heavy atom. The number of carbonyl (C=O) groups is 2. The predicted molar refractivity (Wildman–Crippen MR) is 98.3 cm³/mol. The molecule has 1 aliphatic rings. The van der Waals surface area contributed by atoms with Crippen molar-refractivity contribution in [1.29, 1.82) is 0 Å². The molecule has 27 heavy (non-hydrogen) atoms. The third kappa shape index (κ3) is 4.95. The first-order chi connectivity index (χ1) is 13.0. The van der Waals surface area contributed by atoms with Crippen molar-refractivity contribution in [3.8, 4) is 0 Å². The Morgan fingerprint density at radius 1 is 1.04 bits per heavy atom. The van der Waals surface area contributed by atoms with Gasteiger partial charge >= 0.3 is 0 Å². The van der Waals surface area contributed by atoms with E-state index in [2.05, 4.69) is 5.32 Å². The van der Waals surface area contributed by atoms with Crippen molar-refractivity contribution in [2.45, 2.75) is 5.75 Å². The summed E-state index contributed by atoms with van der Waals surface area (Å²) < 4.78 is 31.3. The molecule has 0 atom stereocenters. The van der Waals surface area contributed by atoms with Gasteiger partial charge in [0.15, 0.2) is 0 Å². The molecule has 0 radical (unpaired) electrons. The molecule has 0 bridgehead atoms. The Balaban J connectivity index is 1.48. The lowest BCUT2D eigenvalue weighted by atomic mass is 10.2. The van der Waals surface area contributed by atoms with Crippen LogP contribution in [-0.4, -0.2) is 62.2 Å². The molecule has 9 heteroatoms. The minimum Gasteiger partial charge on any atom is -0.472 e. The van der Waals surface area contributed by atoms with E-state index in [1.807, 2.05) is 6.07 Å². The van der Waals surface area contributed by atoms with Crippen molar-refractivity contribution in [3.63, 3.8) is 0 Å². The van der Waals surface area contributed by atoms with E-state index in [0.717, 1.165) is 5.56 Å². The number of piperazine rings is 1. The summed E-state index contributed by atoms with van der Waals surface area (Å²) in [5.41, 5.74) is 1.08. The zero-order valence-electron chi connectivity index (χ0n) is 14.7. The number of carbonyl (C=O) groups excluding carboxylic acids is 2. The fraction of sp³-hybridized carbons (Fsp3) is 0.333. The molecule has 0 spiro atoms. The van der Waals surface area contributed by atoms with Crippen LogP contribution in [0, 0.1) is 0 Å². The molecule has 144 valence electrons. The quantitative estimate of drug-likeness (QED) is 0.781. The first kappa shape index (κ1) is 19.1. The number of hydrogen-bond donors (Lipinski definition) is 1. The summed E-state index contributed by atoms with van der Waals surface area (Å²) in [4.78, 5) is 25.6. The van der Waals surface area contributed by atoms with E-state index in [1.54, 1.807) is 29.2 Å². The Hall–Kier alpha value is -2.65. The van der Waals surface area contributed by atoms with E-state index in [4.69, 9.17) is 4.42 Å². The van der Waals surface area contributed by atoms with E-state index in [0.29, 0.717) is 18.7 Å². The van der Waals surface area contributed by atoms with E-state index < -0.39 is 10.0 Å². The first-order valence-electron chi connectivity index (χ1n) is 8.55. The Labute approximate surface area is 157 Å². The van der Waals surface area contributed by atoms with Gasteiger partial charge in [0, 0.05) is 26.2 Å². The van der Waals surface area contributed by atoms with Crippen LogP contribution < -0.4 is 5.32 Å². The molecule has 2 aromatic rings. The molecule has 1 N–H and O–H groups in total. The molecule has 0 saturated carbocycles. The summed E-state index contributed by atoms with van der Waals surface area (Å²) in [6.45, 7) is 0.955. The number of nitrogens with one attached hydrogen (secondary N) is 1. The molecule has 2 amide bonds. The maximum atomic E-state index is 12.5. The maximum absolute atomic E-state index is 12.5. The summed E-state index contributed by atoms with van der Waals surface area (Å²) in [7, 11) is -3.43. The number of sulfonamides is 1. The molecule has 2 heterocycles. The first-order valence-corrected chi connectivity index (χ1v) is 10.2. The van der Waals surface area contributed by atoms with Crippen LogP contribution in [0.1, 0.15) is 15.9 Å². The van der Waals surface area contributed by atoms with Crippen LogP contribution in [0.2, 0.25) is 0 Å². The number of furan rings is 1. The van der Waals surface area contributed by atoms with Crippen molar-refractivity contribution < 1.29 is 22.4 Å². The maximum Gasteiger partial charge on any atom is 0.254 e. The number of amides is 2. The average Bonchev–Trinajstić information content (AvgIpc) is 3.21. The van der Waals surface area contributed by atoms with Gasteiger partial charge in [0.2, 0.25) is 15.9 Å². The van der Waals surface area contributed by atoms with Gasteiger partial charge < -0.3 is 14.6 Å². The Kier molecular flexibility index (Phi) is 5.92. The van der Waals surface area contributed by atoms with Crippen molar-refractivity contribution in [1.82, 2.24) is 14.5 Å². The van der Waals surface area contributed by atoms with Gasteiger partial charge in [-0.1, -0.05) is 30.3 Å². The minimum atomic E-state index is -3.43. The number of hydrogen-bond acceptors (Lipinski definition) is 5. The van der Waals surface area contributed by atoms with Crippen LogP contribution in [0.4, 0.5) is 0 Å². The monoisotopic (exact) mass is 391 g/mol. The summed E-state index contributed by atoms with van der Waals surface area (Å²) in [6.07, 6.45) is 2.68. The molecule has 1 aliphatic heterocycles. The highest BCUT2D eigenvalue weighted by atomic mass is 32.2. The molecule has 1 fully saturated rings. The molecule has 3 rings (SSSR count). The third-order valence-corrected chi connectivity index (χ3v) is 6.21.